The summed E-state index contributed by atoms with van der Waals surface area (Å²) in [4.78, 5) is 4.28. The summed E-state index contributed by atoms with van der Waals surface area (Å²) in [6.07, 6.45) is 8.18. The molecule has 1 aromatic heterocycles. The molecule has 0 aliphatic carbocycles. The monoisotopic (exact) mass is 269 g/mol. The van der Waals surface area contributed by atoms with Gasteiger partial charge < -0.3 is 15.0 Å². The second kappa shape index (κ2) is 6.59. The summed E-state index contributed by atoms with van der Waals surface area (Å²) < 4.78 is 7.66. The lowest BCUT2D eigenvalue weighted by Gasteiger charge is -2.23. The molecule has 3 atom stereocenters. The minimum absolute atomic E-state index is 0.0479. The molecule has 2 N–H and O–H groups in total. The first kappa shape index (κ1) is 13.9. The molecule has 5 heteroatoms. The molecule has 0 amide bonds. The van der Waals surface area contributed by atoms with Crippen molar-refractivity contribution >= 4 is 11.8 Å². The first-order valence-corrected chi connectivity index (χ1v) is 7.97. The van der Waals surface area contributed by atoms with Gasteiger partial charge in [0, 0.05) is 24.8 Å². The van der Waals surface area contributed by atoms with Crippen LogP contribution in [0.4, 0.5) is 0 Å². The summed E-state index contributed by atoms with van der Waals surface area (Å²) in [7, 11) is 0. The predicted molar refractivity (Wildman–Crippen MR) is 75.8 cm³/mol. The van der Waals surface area contributed by atoms with E-state index in [4.69, 9.17) is 10.5 Å². The molecule has 1 aliphatic rings. The van der Waals surface area contributed by atoms with E-state index in [1.807, 2.05) is 24.3 Å². The fraction of sp³-hybridized carbons (Fsp3) is 0.769. The van der Waals surface area contributed by atoms with Crippen molar-refractivity contribution in [2.24, 2.45) is 11.7 Å². The molecule has 1 aliphatic heterocycles. The Hall–Kier alpha value is -0.520. The van der Waals surface area contributed by atoms with E-state index in [0.29, 0.717) is 12.0 Å². The van der Waals surface area contributed by atoms with E-state index in [1.54, 1.807) is 0 Å². The van der Waals surface area contributed by atoms with Crippen LogP contribution >= 0.6 is 11.8 Å². The highest BCUT2D eigenvalue weighted by Crippen LogP contribution is 2.28. The number of imidazole rings is 1. The topological polar surface area (TPSA) is 53.1 Å². The summed E-state index contributed by atoms with van der Waals surface area (Å²) in [5.41, 5.74) is 7.52. The minimum atomic E-state index is 0.0479. The number of aromatic nitrogens is 2. The first-order valence-electron chi connectivity index (χ1n) is 6.58. The van der Waals surface area contributed by atoms with Crippen LogP contribution < -0.4 is 5.73 Å². The van der Waals surface area contributed by atoms with Gasteiger partial charge in [-0.1, -0.05) is 0 Å². The predicted octanol–water partition coefficient (Wildman–Crippen LogP) is 2.23. The van der Waals surface area contributed by atoms with Crippen LogP contribution in [0.15, 0.2) is 12.5 Å². The van der Waals surface area contributed by atoms with Gasteiger partial charge in [0.25, 0.3) is 0 Å². The van der Waals surface area contributed by atoms with Gasteiger partial charge in [-0.2, -0.15) is 11.8 Å². The Balaban J connectivity index is 2.06. The number of thioether (sulfide) groups is 1. The van der Waals surface area contributed by atoms with Crippen molar-refractivity contribution in [2.45, 2.75) is 31.8 Å². The SMILES string of the molecule is CSCCC(C)n1cncc1C(N)C1CCOC1. The van der Waals surface area contributed by atoms with Crippen molar-refractivity contribution in [1.29, 1.82) is 0 Å². The van der Waals surface area contributed by atoms with Crippen LogP contribution in [0, 0.1) is 5.92 Å². The van der Waals surface area contributed by atoms with Crippen LogP contribution in [0.25, 0.3) is 0 Å². The van der Waals surface area contributed by atoms with E-state index in [0.717, 1.165) is 31.7 Å². The highest BCUT2D eigenvalue weighted by molar-refractivity contribution is 7.98. The summed E-state index contributed by atoms with van der Waals surface area (Å²) in [6.45, 7) is 3.86. The Morgan fingerprint density at radius 1 is 1.67 bits per heavy atom. The molecule has 0 radical (unpaired) electrons. The number of rotatable bonds is 6. The number of nitrogens with two attached hydrogens (primary N) is 1. The van der Waals surface area contributed by atoms with Gasteiger partial charge in [-0.15, -0.1) is 0 Å². The molecular formula is C13H23N3OS. The van der Waals surface area contributed by atoms with Crippen molar-refractivity contribution < 1.29 is 4.74 Å². The van der Waals surface area contributed by atoms with Crippen LogP contribution in [0.3, 0.4) is 0 Å². The number of ether oxygens (including phenoxy) is 1. The van der Waals surface area contributed by atoms with E-state index in [1.165, 1.54) is 5.75 Å². The summed E-state index contributed by atoms with van der Waals surface area (Å²) in [6, 6.07) is 0.509. The summed E-state index contributed by atoms with van der Waals surface area (Å²) in [5, 5.41) is 0. The standard InChI is InChI=1S/C13H23N3OS/c1-10(4-6-18-2)16-9-15-7-12(16)13(14)11-3-5-17-8-11/h7,9-11,13H,3-6,8,14H2,1-2H3. The van der Waals surface area contributed by atoms with Crippen molar-refractivity contribution in [3.63, 3.8) is 0 Å². The van der Waals surface area contributed by atoms with Crippen molar-refractivity contribution in [1.82, 2.24) is 9.55 Å². The largest absolute Gasteiger partial charge is 0.381 e. The quantitative estimate of drug-likeness (QED) is 0.860. The van der Waals surface area contributed by atoms with E-state index in [2.05, 4.69) is 22.7 Å². The molecule has 3 unspecified atom stereocenters. The third kappa shape index (κ3) is 3.08. The van der Waals surface area contributed by atoms with E-state index >= 15 is 0 Å². The van der Waals surface area contributed by atoms with Gasteiger partial charge in [0.05, 0.1) is 24.7 Å². The second-order valence-electron chi connectivity index (χ2n) is 5.01. The number of nitrogens with zero attached hydrogens (tertiary/aromatic N) is 2. The highest BCUT2D eigenvalue weighted by atomic mass is 32.2. The molecule has 2 heterocycles. The fourth-order valence-corrected chi connectivity index (χ4v) is 3.02. The normalized spacial score (nSPS) is 23.2. The lowest BCUT2D eigenvalue weighted by atomic mass is 9.97. The fourth-order valence-electron chi connectivity index (χ4n) is 2.45. The molecule has 18 heavy (non-hydrogen) atoms. The number of hydrogen-bond donors (Lipinski definition) is 1. The Kier molecular flexibility index (Phi) is 5.09. The molecule has 1 saturated heterocycles. The van der Waals surface area contributed by atoms with E-state index in [-0.39, 0.29) is 6.04 Å². The third-order valence-electron chi connectivity index (χ3n) is 3.72. The second-order valence-corrected chi connectivity index (χ2v) is 5.99. The molecule has 1 fully saturated rings. The van der Waals surface area contributed by atoms with Gasteiger partial charge in [-0.25, -0.2) is 4.98 Å². The van der Waals surface area contributed by atoms with Crippen molar-refractivity contribution in [2.75, 3.05) is 25.2 Å². The lowest BCUT2D eigenvalue weighted by Crippen LogP contribution is -2.25. The van der Waals surface area contributed by atoms with Crippen LogP contribution in [-0.4, -0.2) is 34.8 Å². The van der Waals surface area contributed by atoms with Crippen molar-refractivity contribution in [3.05, 3.63) is 18.2 Å². The molecule has 0 saturated carbocycles. The third-order valence-corrected chi connectivity index (χ3v) is 4.37. The molecule has 4 nitrogen and oxygen atoms in total. The van der Waals surface area contributed by atoms with Gasteiger partial charge in [0.2, 0.25) is 0 Å². The zero-order valence-electron chi connectivity index (χ0n) is 11.2. The Labute approximate surface area is 113 Å². The average Bonchev–Trinajstić information content (AvgIpc) is 3.04. The summed E-state index contributed by atoms with van der Waals surface area (Å²) >= 11 is 1.88. The minimum Gasteiger partial charge on any atom is -0.381 e. The van der Waals surface area contributed by atoms with Crippen LogP contribution in [0.2, 0.25) is 0 Å². The molecule has 2 rings (SSSR count). The molecular weight excluding hydrogens is 246 g/mol. The van der Waals surface area contributed by atoms with Crippen molar-refractivity contribution in [3.8, 4) is 0 Å². The molecule has 0 bridgehead atoms. The highest BCUT2D eigenvalue weighted by Gasteiger charge is 2.27. The zero-order valence-corrected chi connectivity index (χ0v) is 12.0. The zero-order chi connectivity index (χ0) is 13.0. The Morgan fingerprint density at radius 2 is 2.50 bits per heavy atom. The van der Waals surface area contributed by atoms with E-state index < -0.39 is 0 Å². The maximum atomic E-state index is 6.37. The maximum absolute atomic E-state index is 6.37. The van der Waals surface area contributed by atoms with E-state index in [9.17, 15) is 0 Å². The lowest BCUT2D eigenvalue weighted by molar-refractivity contribution is 0.180. The Morgan fingerprint density at radius 3 is 3.17 bits per heavy atom. The first-order chi connectivity index (χ1) is 8.74. The van der Waals surface area contributed by atoms with Crippen LogP contribution in [-0.2, 0) is 4.74 Å². The van der Waals surface area contributed by atoms with Gasteiger partial charge >= 0.3 is 0 Å². The molecule has 0 spiro atoms. The molecule has 0 aromatic carbocycles. The molecule has 102 valence electrons. The Bertz CT molecular complexity index is 363. The van der Waals surface area contributed by atoms with Gasteiger partial charge in [-0.3, -0.25) is 0 Å². The smallest absolute Gasteiger partial charge is 0.0951 e. The summed E-state index contributed by atoms with van der Waals surface area (Å²) in [5.74, 6) is 1.61. The van der Waals surface area contributed by atoms with Gasteiger partial charge in [0.1, 0.15) is 0 Å². The maximum Gasteiger partial charge on any atom is 0.0951 e. The number of hydrogen-bond acceptors (Lipinski definition) is 4. The van der Waals surface area contributed by atoms with Crippen LogP contribution in [0.1, 0.15) is 37.5 Å². The van der Waals surface area contributed by atoms with Gasteiger partial charge in [-0.05, 0) is 31.8 Å². The van der Waals surface area contributed by atoms with Gasteiger partial charge in [0.15, 0.2) is 0 Å². The van der Waals surface area contributed by atoms with Crippen LogP contribution in [0.5, 0.6) is 0 Å². The molecule has 1 aromatic rings. The average molecular weight is 269 g/mol.